The van der Waals surface area contributed by atoms with E-state index in [0.717, 1.165) is 11.2 Å². The molecule has 1 nitrogen and oxygen atoms in total. The van der Waals surface area contributed by atoms with Gasteiger partial charge in [-0.25, -0.2) is 0 Å². The summed E-state index contributed by atoms with van der Waals surface area (Å²) < 4.78 is 6.05. The highest BCUT2D eigenvalue weighted by molar-refractivity contribution is 6.08. The number of hydrogen-bond acceptors (Lipinski definition) is 1. The predicted octanol–water partition coefficient (Wildman–Crippen LogP) is 18.1. The van der Waals surface area contributed by atoms with Gasteiger partial charge in [0.1, 0.15) is 11.2 Å². The summed E-state index contributed by atoms with van der Waals surface area (Å²) in [5.74, 6) is 0. The van der Waals surface area contributed by atoms with Crippen LogP contribution in [-0.4, -0.2) is 0 Å². The second-order valence-electron chi connectivity index (χ2n) is 18.2. The maximum atomic E-state index is 6.05. The van der Waals surface area contributed by atoms with Crippen LogP contribution in [0.5, 0.6) is 0 Å². The summed E-state index contributed by atoms with van der Waals surface area (Å²) in [5.41, 5.74) is 24.6. The van der Waals surface area contributed by atoms with Gasteiger partial charge in [-0.15, -0.1) is 0 Å². The van der Waals surface area contributed by atoms with Gasteiger partial charge in [0, 0.05) is 16.2 Å². The standard InChI is InChI=1S/C27H22O.C16H16.C13H12.C8H10/c1-17-7-4-5-9-22(17)23-15-20(12-11-18(23)2)21-13-14-25-24(16-21)27-19(3)8-6-10-26(27)28-25;1-11-7-6-10-14-15(11)12-8-4-5-9-13(12)16(14,2)3;1-11-7-9-13(10-8-11)12-5-3-2-4-6-12;1-7-3-5-8(2)6-4-7/h4-16H,1-3H3;4-10H,1-3H3;2-10H,1H3;3-6H,1-2H3. The molecule has 10 aromatic rings. The topological polar surface area (TPSA) is 13.1 Å². The molecule has 0 bridgehead atoms. The zero-order valence-corrected chi connectivity index (χ0v) is 39.5. The van der Waals surface area contributed by atoms with Crippen LogP contribution in [0.3, 0.4) is 0 Å². The number of hydrogen-bond donors (Lipinski definition) is 0. The molecular weight excluding hydrogens is 785 g/mol. The molecule has 0 fully saturated rings. The van der Waals surface area contributed by atoms with Crippen LogP contribution < -0.4 is 0 Å². The van der Waals surface area contributed by atoms with Crippen molar-refractivity contribution < 1.29 is 4.42 Å². The highest BCUT2D eigenvalue weighted by Gasteiger charge is 2.35. The van der Waals surface area contributed by atoms with Gasteiger partial charge < -0.3 is 4.42 Å². The van der Waals surface area contributed by atoms with Gasteiger partial charge in [0.2, 0.25) is 0 Å². The van der Waals surface area contributed by atoms with E-state index in [0.29, 0.717) is 0 Å². The van der Waals surface area contributed by atoms with Crippen molar-refractivity contribution in [2.24, 2.45) is 0 Å². The number of furan rings is 1. The molecule has 0 amide bonds. The Balaban J connectivity index is 0.000000131. The van der Waals surface area contributed by atoms with E-state index in [2.05, 4.69) is 250 Å². The quantitative estimate of drug-likeness (QED) is 0.173. The summed E-state index contributed by atoms with van der Waals surface area (Å²) in [5, 5.41) is 2.40. The van der Waals surface area contributed by atoms with Crippen LogP contribution in [0.25, 0.3) is 66.4 Å². The van der Waals surface area contributed by atoms with Crippen molar-refractivity contribution in [1.29, 1.82) is 0 Å². The number of benzene rings is 9. The second kappa shape index (κ2) is 19.3. The molecule has 1 aliphatic carbocycles. The fourth-order valence-electron chi connectivity index (χ4n) is 9.10. The van der Waals surface area contributed by atoms with Crippen molar-refractivity contribution in [3.63, 3.8) is 0 Å². The van der Waals surface area contributed by atoms with Gasteiger partial charge >= 0.3 is 0 Å². The molecule has 0 aliphatic heterocycles. The Hall–Kier alpha value is -7.22. The summed E-state index contributed by atoms with van der Waals surface area (Å²) in [4.78, 5) is 0. The first-order valence-corrected chi connectivity index (χ1v) is 22.8. The van der Waals surface area contributed by atoms with Crippen LogP contribution >= 0.6 is 0 Å². The summed E-state index contributed by atoms with van der Waals surface area (Å²) in [6, 6.07) is 71.0. The summed E-state index contributed by atoms with van der Waals surface area (Å²) >= 11 is 0. The van der Waals surface area contributed by atoms with Crippen molar-refractivity contribution >= 4 is 21.9 Å². The summed E-state index contributed by atoms with van der Waals surface area (Å²) in [7, 11) is 0. The molecule has 322 valence electrons. The molecule has 1 aromatic heterocycles. The molecule has 0 spiro atoms. The molecule has 0 unspecified atom stereocenters. The molecule has 1 aliphatic rings. The van der Waals surface area contributed by atoms with Crippen LogP contribution in [0.4, 0.5) is 0 Å². The Labute approximate surface area is 387 Å². The molecule has 0 radical (unpaired) electrons. The van der Waals surface area contributed by atoms with Crippen molar-refractivity contribution in [1.82, 2.24) is 0 Å². The number of aryl methyl sites for hydroxylation is 7. The van der Waals surface area contributed by atoms with Gasteiger partial charge in [-0.3, -0.25) is 0 Å². The molecule has 11 rings (SSSR count). The number of rotatable bonds is 3. The van der Waals surface area contributed by atoms with Crippen LogP contribution in [0.1, 0.15) is 63.9 Å². The van der Waals surface area contributed by atoms with E-state index in [-0.39, 0.29) is 5.41 Å². The fourth-order valence-corrected chi connectivity index (χ4v) is 9.10. The molecule has 0 saturated carbocycles. The normalized spacial score (nSPS) is 11.9. The first-order chi connectivity index (χ1) is 31.4. The van der Waals surface area contributed by atoms with E-state index in [9.17, 15) is 0 Å². The van der Waals surface area contributed by atoms with E-state index in [4.69, 9.17) is 4.42 Å². The van der Waals surface area contributed by atoms with E-state index in [1.54, 1.807) is 0 Å². The SMILES string of the molecule is Cc1ccc(-c2ccccc2)cc1.Cc1ccc(C)cc1.Cc1cccc2c1-c1ccccc1C2(C)C.Cc1ccccc1-c1cc(-c2ccc3oc4cccc(C)c4c3c2)ccc1C. The third-order valence-corrected chi connectivity index (χ3v) is 12.9. The van der Waals surface area contributed by atoms with Gasteiger partial charge in [-0.1, -0.05) is 206 Å². The minimum absolute atomic E-state index is 0.151. The van der Waals surface area contributed by atoms with Crippen molar-refractivity contribution in [2.75, 3.05) is 0 Å². The highest BCUT2D eigenvalue weighted by atomic mass is 16.3. The molecule has 65 heavy (non-hydrogen) atoms. The molecule has 1 heteroatoms. The van der Waals surface area contributed by atoms with Crippen molar-refractivity contribution in [3.8, 4) is 44.5 Å². The van der Waals surface area contributed by atoms with Crippen LogP contribution in [-0.2, 0) is 5.41 Å². The van der Waals surface area contributed by atoms with Gasteiger partial charge in [-0.2, -0.15) is 0 Å². The number of fused-ring (bicyclic) bond motifs is 6. The first-order valence-electron chi connectivity index (χ1n) is 22.8. The molecule has 0 saturated heterocycles. The van der Waals surface area contributed by atoms with Crippen LogP contribution in [0.15, 0.2) is 205 Å². The Morgan fingerprint density at radius 3 is 1.51 bits per heavy atom. The average molecular weight is 845 g/mol. The maximum Gasteiger partial charge on any atom is 0.135 e. The van der Waals surface area contributed by atoms with Gasteiger partial charge in [0.15, 0.2) is 0 Å². The third kappa shape index (κ3) is 9.66. The second-order valence-corrected chi connectivity index (χ2v) is 18.2. The van der Waals surface area contributed by atoms with E-state index in [1.165, 1.54) is 105 Å². The predicted molar refractivity (Wildman–Crippen MR) is 280 cm³/mol. The van der Waals surface area contributed by atoms with Gasteiger partial charge in [-0.05, 0) is 151 Å². The largest absolute Gasteiger partial charge is 0.456 e. The Morgan fingerprint density at radius 1 is 0.323 bits per heavy atom. The van der Waals surface area contributed by atoms with E-state index >= 15 is 0 Å². The lowest BCUT2D eigenvalue weighted by molar-refractivity contribution is 0.660. The lowest BCUT2D eigenvalue weighted by Gasteiger charge is -2.21. The fraction of sp³-hybridized carbons (Fsp3) is 0.156. The smallest absolute Gasteiger partial charge is 0.135 e. The minimum Gasteiger partial charge on any atom is -0.456 e. The van der Waals surface area contributed by atoms with Crippen molar-refractivity contribution in [3.05, 3.63) is 250 Å². The van der Waals surface area contributed by atoms with Gasteiger partial charge in [0.05, 0.1) is 0 Å². The minimum atomic E-state index is 0.151. The Bertz CT molecular complexity index is 3190. The molecule has 0 N–H and O–H groups in total. The third-order valence-electron chi connectivity index (χ3n) is 12.9. The zero-order chi connectivity index (χ0) is 45.7. The first kappa shape index (κ1) is 44.4. The molecular formula is C64H60O. The maximum absolute atomic E-state index is 6.05. The highest BCUT2D eigenvalue weighted by Crippen LogP contribution is 2.49. The van der Waals surface area contributed by atoms with Gasteiger partial charge in [0.25, 0.3) is 0 Å². The Kier molecular flexibility index (Phi) is 13.2. The van der Waals surface area contributed by atoms with Crippen molar-refractivity contribution in [2.45, 2.75) is 67.7 Å². The van der Waals surface area contributed by atoms with E-state index < -0.39 is 0 Å². The lowest BCUT2D eigenvalue weighted by Crippen LogP contribution is -2.14. The average Bonchev–Trinajstić information content (AvgIpc) is 3.82. The Morgan fingerprint density at radius 2 is 0.815 bits per heavy atom. The zero-order valence-electron chi connectivity index (χ0n) is 39.5. The van der Waals surface area contributed by atoms with Crippen LogP contribution in [0.2, 0.25) is 0 Å². The van der Waals surface area contributed by atoms with Crippen LogP contribution in [0, 0.1) is 48.5 Å². The molecule has 9 aromatic carbocycles. The monoisotopic (exact) mass is 844 g/mol. The van der Waals surface area contributed by atoms with E-state index in [1.807, 2.05) is 12.1 Å². The summed E-state index contributed by atoms with van der Waals surface area (Å²) in [6.45, 7) is 19.6. The molecule has 1 heterocycles. The summed E-state index contributed by atoms with van der Waals surface area (Å²) in [6.07, 6.45) is 0. The molecule has 0 atom stereocenters. The lowest BCUT2D eigenvalue weighted by atomic mass is 9.82.